The number of likely N-dealkylation sites (tertiary alicyclic amines) is 1. The molecule has 1 aliphatic heterocycles. The third kappa shape index (κ3) is 3.93. The van der Waals surface area contributed by atoms with Crippen molar-refractivity contribution in [2.75, 3.05) is 6.61 Å². The standard InChI is InChI=1S/C30H31NO5/c1-2-3-15-35-19-9-11-20(12-10-19)36-30(34)25(16-18-7-5-4-6-8-18)31-28(32)26-21-13-14-22(24-17-23(21)24)27(26)29(31)33/h4-14,21-27H,2-3,15-17H2,1H3/t21-,22-,23-,24-,25-,26+,27+/m1/s1. The minimum Gasteiger partial charge on any atom is -0.494 e. The van der Waals surface area contributed by atoms with E-state index in [0.717, 1.165) is 24.8 Å². The molecule has 0 radical (unpaired) electrons. The van der Waals surface area contributed by atoms with Crippen molar-refractivity contribution in [1.29, 1.82) is 0 Å². The lowest BCUT2D eigenvalue weighted by Gasteiger charge is -2.37. The first kappa shape index (κ1) is 23.0. The Morgan fingerprint density at radius 1 is 0.917 bits per heavy atom. The molecular weight excluding hydrogens is 454 g/mol. The molecule has 2 saturated carbocycles. The van der Waals surface area contributed by atoms with E-state index in [4.69, 9.17) is 9.47 Å². The molecule has 0 N–H and O–H groups in total. The lowest BCUT2D eigenvalue weighted by Crippen LogP contribution is -2.48. The number of benzene rings is 2. The fourth-order valence-electron chi connectivity index (χ4n) is 6.53. The summed E-state index contributed by atoms with van der Waals surface area (Å²) in [5, 5.41) is 0. The molecule has 36 heavy (non-hydrogen) atoms. The van der Waals surface area contributed by atoms with Crippen LogP contribution in [0.15, 0.2) is 66.7 Å². The van der Waals surface area contributed by atoms with Gasteiger partial charge in [-0.25, -0.2) is 4.79 Å². The second-order valence-corrected chi connectivity index (χ2v) is 10.5. The van der Waals surface area contributed by atoms with E-state index < -0.39 is 12.0 Å². The first-order valence-corrected chi connectivity index (χ1v) is 13.1. The second kappa shape index (κ2) is 9.23. The van der Waals surface area contributed by atoms with Gasteiger partial charge in [-0.15, -0.1) is 0 Å². The summed E-state index contributed by atoms with van der Waals surface area (Å²) < 4.78 is 11.4. The SMILES string of the molecule is CCCCOc1ccc(OC(=O)[C@@H](Cc2ccccc2)N2C(=O)[C@H]3[C@@H]4C=C[C@H]([C@H]5C[C@H]45)[C@@H]3C2=O)cc1. The smallest absolute Gasteiger partial charge is 0.335 e. The molecule has 0 unspecified atom stereocenters. The Hall–Kier alpha value is -3.41. The molecule has 2 amide bonds. The number of amides is 2. The van der Waals surface area contributed by atoms with Gasteiger partial charge in [-0.05, 0) is 66.3 Å². The van der Waals surface area contributed by atoms with Gasteiger partial charge >= 0.3 is 5.97 Å². The highest BCUT2D eigenvalue weighted by atomic mass is 16.5. The van der Waals surface area contributed by atoms with E-state index in [1.807, 2.05) is 30.3 Å². The highest BCUT2D eigenvalue weighted by molar-refractivity contribution is 6.09. The highest BCUT2D eigenvalue weighted by Crippen LogP contribution is 2.65. The quantitative estimate of drug-likeness (QED) is 0.173. The number of hydrogen-bond acceptors (Lipinski definition) is 5. The van der Waals surface area contributed by atoms with Crippen LogP contribution in [-0.2, 0) is 20.8 Å². The van der Waals surface area contributed by atoms with Crippen LogP contribution in [0.4, 0.5) is 0 Å². The van der Waals surface area contributed by atoms with Crippen molar-refractivity contribution in [1.82, 2.24) is 4.90 Å². The highest BCUT2D eigenvalue weighted by Gasteiger charge is 2.68. The van der Waals surface area contributed by atoms with Crippen molar-refractivity contribution in [2.24, 2.45) is 35.5 Å². The Morgan fingerprint density at radius 3 is 2.14 bits per heavy atom. The summed E-state index contributed by atoms with van der Waals surface area (Å²) in [6.45, 7) is 2.74. The lowest BCUT2D eigenvalue weighted by molar-refractivity contribution is -0.153. The second-order valence-electron chi connectivity index (χ2n) is 10.5. The fraction of sp³-hybridized carbons (Fsp3) is 0.433. The predicted octanol–water partition coefficient (Wildman–Crippen LogP) is 4.44. The molecule has 5 aliphatic rings. The maximum absolute atomic E-state index is 13.7. The number of ether oxygens (including phenoxy) is 2. The van der Waals surface area contributed by atoms with E-state index in [-0.39, 0.29) is 41.9 Å². The minimum absolute atomic E-state index is 0.111. The van der Waals surface area contributed by atoms with Crippen LogP contribution in [0.25, 0.3) is 0 Å². The van der Waals surface area contributed by atoms with Gasteiger partial charge in [0.15, 0.2) is 0 Å². The van der Waals surface area contributed by atoms with Crippen molar-refractivity contribution in [2.45, 2.75) is 38.6 Å². The van der Waals surface area contributed by atoms with E-state index in [9.17, 15) is 14.4 Å². The Kier molecular flexibility index (Phi) is 5.90. The number of allylic oxidation sites excluding steroid dienone is 2. The zero-order valence-corrected chi connectivity index (χ0v) is 20.4. The topological polar surface area (TPSA) is 72.9 Å². The van der Waals surface area contributed by atoms with E-state index in [2.05, 4.69) is 19.1 Å². The van der Waals surface area contributed by atoms with Crippen molar-refractivity contribution in [3.63, 3.8) is 0 Å². The molecule has 186 valence electrons. The maximum atomic E-state index is 13.7. The Bertz CT molecular complexity index is 1150. The first-order valence-electron chi connectivity index (χ1n) is 13.1. The summed E-state index contributed by atoms with van der Waals surface area (Å²) in [6, 6.07) is 15.4. The average Bonchev–Trinajstić information content (AvgIpc) is 3.68. The largest absolute Gasteiger partial charge is 0.494 e. The van der Waals surface area contributed by atoms with Crippen LogP contribution >= 0.6 is 0 Å². The van der Waals surface area contributed by atoms with Crippen molar-refractivity contribution in [3.05, 3.63) is 72.3 Å². The van der Waals surface area contributed by atoms with Crippen LogP contribution in [0.5, 0.6) is 11.5 Å². The van der Waals surface area contributed by atoms with Gasteiger partial charge in [0.2, 0.25) is 11.8 Å². The molecule has 0 aromatic heterocycles. The zero-order valence-electron chi connectivity index (χ0n) is 20.4. The van der Waals surface area contributed by atoms with E-state index in [0.29, 0.717) is 29.9 Å². The van der Waals surface area contributed by atoms with Crippen LogP contribution < -0.4 is 9.47 Å². The molecule has 1 heterocycles. The molecule has 7 atom stereocenters. The number of unbranched alkanes of at least 4 members (excludes halogenated alkanes) is 1. The molecule has 2 aromatic rings. The molecule has 3 fully saturated rings. The molecule has 7 rings (SSSR count). The summed E-state index contributed by atoms with van der Waals surface area (Å²) in [6.07, 6.45) is 7.63. The van der Waals surface area contributed by atoms with Gasteiger partial charge in [0, 0.05) is 6.42 Å². The average molecular weight is 486 g/mol. The Labute approximate surface area is 211 Å². The number of rotatable bonds is 9. The summed E-state index contributed by atoms with van der Waals surface area (Å²) in [4.78, 5) is 42.2. The van der Waals surface area contributed by atoms with Crippen molar-refractivity contribution in [3.8, 4) is 11.5 Å². The molecule has 4 aliphatic carbocycles. The van der Waals surface area contributed by atoms with Crippen molar-refractivity contribution >= 4 is 17.8 Å². The third-order valence-electron chi connectivity index (χ3n) is 8.36. The van der Waals surface area contributed by atoms with Gasteiger partial charge in [-0.1, -0.05) is 55.8 Å². The number of carbonyl (C=O) groups excluding carboxylic acids is 3. The number of imide groups is 1. The Balaban J connectivity index is 1.24. The number of nitrogens with zero attached hydrogens (tertiary/aromatic N) is 1. The molecule has 2 bridgehead atoms. The molecule has 2 aromatic carbocycles. The molecular formula is C30H31NO5. The Morgan fingerprint density at radius 2 is 1.53 bits per heavy atom. The van der Waals surface area contributed by atoms with Gasteiger partial charge in [0.1, 0.15) is 17.5 Å². The van der Waals surface area contributed by atoms with Crippen LogP contribution in [0.2, 0.25) is 0 Å². The summed E-state index contributed by atoms with van der Waals surface area (Å²) >= 11 is 0. The predicted molar refractivity (Wildman–Crippen MR) is 133 cm³/mol. The van der Waals surface area contributed by atoms with Crippen LogP contribution in [0, 0.1) is 35.5 Å². The van der Waals surface area contributed by atoms with Crippen molar-refractivity contribution < 1.29 is 23.9 Å². The van der Waals surface area contributed by atoms with Gasteiger partial charge < -0.3 is 9.47 Å². The monoisotopic (exact) mass is 485 g/mol. The summed E-state index contributed by atoms with van der Waals surface area (Å²) in [5.41, 5.74) is 0.874. The van der Waals surface area contributed by atoms with Gasteiger partial charge in [0.05, 0.1) is 18.4 Å². The van der Waals surface area contributed by atoms with E-state index in [1.165, 1.54) is 4.90 Å². The van der Waals surface area contributed by atoms with Crippen LogP contribution in [-0.4, -0.2) is 35.3 Å². The number of esters is 1. The summed E-state index contributed by atoms with van der Waals surface area (Å²) in [5.74, 6) is 0.596. The van der Waals surface area contributed by atoms with Gasteiger partial charge in [-0.3, -0.25) is 14.5 Å². The fourth-order valence-corrected chi connectivity index (χ4v) is 6.53. The van der Waals surface area contributed by atoms with E-state index >= 15 is 0 Å². The first-order chi connectivity index (χ1) is 17.6. The van der Waals surface area contributed by atoms with E-state index in [1.54, 1.807) is 24.3 Å². The molecule has 1 saturated heterocycles. The lowest BCUT2D eigenvalue weighted by atomic mass is 9.63. The van der Waals surface area contributed by atoms with Crippen LogP contribution in [0.1, 0.15) is 31.7 Å². The third-order valence-corrected chi connectivity index (χ3v) is 8.36. The molecule has 6 nitrogen and oxygen atoms in total. The number of hydrogen-bond donors (Lipinski definition) is 0. The van der Waals surface area contributed by atoms with Gasteiger partial charge in [0.25, 0.3) is 0 Å². The minimum atomic E-state index is -1.01. The van der Waals surface area contributed by atoms with Gasteiger partial charge in [-0.2, -0.15) is 0 Å². The normalized spacial score (nSPS) is 30.1. The zero-order chi connectivity index (χ0) is 24.8. The molecule has 0 spiro atoms. The van der Waals surface area contributed by atoms with Crippen LogP contribution in [0.3, 0.4) is 0 Å². The molecule has 6 heteroatoms. The maximum Gasteiger partial charge on any atom is 0.335 e. The summed E-state index contributed by atoms with van der Waals surface area (Å²) in [7, 11) is 0. The number of carbonyl (C=O) groups is 3.